The molecule has 82 valence electrons. The lowest BCUT2D eigenvalue weighted by atomic mass is 10.3. The van der Waals surface area contributed by atoms with E-state index in [0.717, 1.165) is 7.05 Å². The highest BCUT2D eigenvalue weighted by Gasteiger charge is 2.50. The molecule has 0 bridgehead atoms. The largest absolute Gasteiger partial charge is 0.383 e. The highest BCUT2D eigenvalue weighted by Crippen LogP contribution is 2.24. The van der Waals surface area contributed by atoms with Crippen LogP contribution in [0, 0.1) is 0 Å². The van der Waals surface area contributed by atoms with Crippen molar-refractivity contribution in [1.29, 1.82) is 0 Å². The van der Waals surface area contributed by atoms with Crippen LogP contribution < -0.4 is 5.73 Å². The van der Waals surface area contributed by atoms with Gasteiger partial charge in [-0.1, -0.05) is 0 Å². The van der Waals surface area contributed by atoms with E-state index in [-0.39, 0.29) is 4.90 Å². The Hall–Kier alpha value is -1.34. The molecule has 0 atom stereocenters. The Labute approximate surface area is 76.6 Å². The van der Waals surface area contributed by atoms with E-state index in [9.17, 15) is 27.2 Å². The number of likely N-dealkylation sites (N-methyl/N-ethyl adjacent to an activating group) is 1. The minimum Gasteiger partial charge on any atom is -0.368 e. The molecular weight excluding hydrogens is 208 g/mol. The Balaban J connectivity index is 4.53. The zero-order valence-electron chi connectivity index (χ0n) is 7.14. The fourth-order valence-corrected chi connectivity index (χ4v) is 0.653. The van der Waals surface area contributed by atoms with Crippen molar-refractivity contribution in [3.05, 3.63) is 0 Å². The number of nitrogens with zero attached hydrogens (tertiary/aromatic N) is 1. The summed E-state index contributed by atoms with van der Waals surface area (Å²) in [6, 6.07) is 0. The minimum absolute atomic E-state index is 0.147. The van der Waals surface area contributed by atoms with Crippen LogP contribution in [0.25, 0.3) is 0 Å². The van der Waals surface area contributed by atoms with Gasteiger partial charge in [-0.3, -0.25) is 9.59 Å². The van der Waals surface area contributed by atoms with Gasteiger partial charge in [-0.25, -0.2) is 8.78 Å². The highest BCUT2D eigenvalue weighted by atomic mass is 19.3. The van der Waals surface area contributed by atoms with Crippen molar-refractivity contribution in [2.75, 3.05) is 13.6 Å². The van der Waals surface area contributed by atoms with Crippen molar-refractivity contribution >= 4 is 11.8 Å². The van der Waals surface area contributed by atoms with E-state index in [0.29, 0.717) is 0 Å². The fourth-order valence-electron chi connectivity index (χ4n) is 0.653. The lowest BCUT2D eigenvalue weighted by Crippen LogP contribution is -2.48. The molecule has 0 aromatic carbocycles. The van der Waals surface area contributed by atoms with Crippen molar-refractivity contribution in [2.24, 2.45) is 5.73 Å². The maximum Gasteiger partial charge on any atom is 0.383 e. The summed E-state index contributed by atoms with van der Waals surface area (Å²) in [4.78, 5) is 21.0. The predicted octanol–water partition coefficient (Wildman–Crippen LogP) is -0.170. The molecule has 0 aliphatic carbocycles. The van der Waals surface area contributed by atoms with Gasteiger partial charge >= 0.3 is 12.3 Å². The van der Waals surface area contributed by atoms with Crippen LogP contribution in [0.3, 0.4) is 0 Å². The molecule has 4 nitrogen and oxygen atoms in total. The standard InChI is InChI=1S/C6H8F4N2O2/c1-12(2-3(11)13)5(14)6(9,10)4(7)8/h4H,2H2,1H3,(H2,11,13). The zero-order valence-corrected chi connectivity index (χ0v) is 7.14. The Kier molecular flexibility index (Phi) is 3.84. The number of alkyl halides is 4. The Bertz CT molecular complexity index is 244. The maximum absolute atomic E-state index is 12.3. The molecule has 0 aromatic heterocycles. The Morgan fingerprint density at radius 1 is 1.43 bits per heavy atom. The van der Waals surface area contributed by atoms with Gasteiger partial charge in [0, 0.05) is 7.05 Å². The molecule has 0 aromatic rings. The number of carbonyl (C=O) groups excluding carboxylic acids is 2. The number of amides is 2. The summed E-state index contributed by atoms with van der Waals surface area (Å²) in [5.74, 6) is -7.98. The molecule has 0 fully saturated rings. The van der Waals surface area contributed by atoms with Crippen molar-refractivity contribution in [1.82, 2.24) is 4.90 Å². The first-order valence-corrected chi connectivity index (χ1v) is 3.39. The molecule has 14 heavy (non-hydrogen) atoms. The van der Waals surface area contributed by atoms with Gasteiger partial charge < -0.3 is 10.6 Å². The zero-order chi connectivity index (χ0) is 11.5. The van der Waals surface area contributed by atoms with E-state index in [2.05, 4.69) is 5.73 Å². The Morgan fingerprint density at radius 3 is 2.14 bits per heavy atom. The molecule has 0 saturated carbocycles. The van der Waals surface area contributed by atoms with E-state index in [1.54, 1.807) is 0 Å². The molecule has 2 amide bonds. The van der Waals surface area contributed by atoms with Crippen LogP contribution in [0.4, 0.5) is 17.6 Å². The predicted molar refractivity (Wildman–Crippen MR) is 37.8 cm³/mol. The topological polar surface area (TPSA) is 63.4 Å². The second-order valence-corrected chi connectivity index (χ2v) is 2.55. The summed E-state index contributed by atoms with van der Waals surface area (Å²) < 4.78 is 48.0. The lowest BCUT2D eigenvalue weighted by Gasteiger charge is -2.21. The van der Waals surface area contributed by atoms with E-state index < -0.39 is 30.7 Å². The van der Waals surface area contributed by atoms with Crippen molar-refractivity contribution < 1.29 is 27.2 Å². The average molecular weight is 216 g/mol. The number of hydrogen-bond donors (Lipinski definition) is 1. The van der Waals surface area contributed by atoms with Crippen LogP contribution in [0.1, 0.15) is 0 Å². The third-order valence-electron chi connectivity index (χ3n) is 1.30. The van der Waals surface area contributed by atoms with Gasteiger partial charge in [0.2, 0.25) is 5.91 Å². The van der Waals surface area contributed by atoms with E-state index >= 15 is 0 Å². The maximum atomic E-state index is 12.3. The smallest absolute Gasteiger partial charge is 0.368 e. The first-order valence-electron chi connectivity index (χ1n) is 3.39. The van der Waals surface area contributed by atoms with Crippen LogP contribution in [0.15, 0.2) is 0 Å². The SMILES string of the molecule is CN(CC(N)=O)C(=O)C(F)(F)C(F)F. The van der Waals surface area contributed by atoms with Gasteiger partial charge in [-0.15, -0.1) is 0 Å². The number of hydrogen-bond acceptors (Lipinski definition) is 2. The second-order valence-electron chi connectivity index (χ2n) is 2.55. The third kappa shape index (κ3) is 2.86. The average Bonchev–Trinajstić information content (AvgIpc) is 2.01. The number of nitrogens with two attached hydrogens (primary N) is 1. The van der Waals surface area contributed by atoms with E-state index in [4.69, 9.17) is 0 Å². The van der Waals surface area contributed by atoms with Gasteiger partial charge in [-0.05, 0) is 0 Å². The summed E-state index contributed by atoms with van der Waals surface area (Å²) in [7, 11) is 0.781. The van der Waals surface area contributed by atoms with Crippen LogP contribution in [0.5, 0.6) is 0 Å². The second kappa shape index (κ2) is 4.25. The van der Waals surface area contributed by atoms with Gasteiger partial charge in [0.15, 0.2) is 0 Å². The number of halogens is 4. The summed E-state index contributed by atoms with van der Waals surface area (Å²) in [5.41, 5.74) is 4.59. The van der Waals surface area contributed by atoms with Crippen molar-refractivity contribution in [3.63, 3.8) is 0 Å². The van der Waals surface area contributed by atoms with Gasteiger partial charge in [0.05, 0.1) is 6.54 Å². The minimum atomic E-state index is -4.79. The van der Waals surface area contributed by atoms with Crippen LogP contribution in [-0.4, -0.2) is 42.7 Å². The Morgan fingerprint density at radius 2 is 1.86 bits per heavy atom. The molecule has 0 aliphatic rings. The molecule has 0 saturated heterocycles. The first-order chi connectivity index (χ1) is 6.19. The number of rotatable bonds is 4. The van der Waals surface area contributed by atoms with Crippen molar-refractivity contribution in [2.45, 2.75) is 12.3 Å². The summed E-state index contributed by atoms with van der Waals surface area (Å²) in [5, 5.41) is 0. The molecule has 8 heteroatoms. The fraction of sp³-hybridized carbons (Fsp3) is 0.667. The summed E-state index contributed by atoms with van der Waals surface area (Å²) in [6.45, 7) is -0.832. The molecule has 2 N–H and O–H groups in total. The van der Waals surface area contributed by atoms with Gasteiger partial charge in [0.25, 0.3) is 5.91 Å². The number of primary amides is 1. The first kappa shape index (κ1) is 12.7. The molecule has 0 spiro atoms. The quantitative estimate of drug-likeness (QED) is 0.663. The van der Waals surface area contributed by atoms with Gasteiger partial charge in [0.1, 0.15) is 0 Å². The van der Waals surface area contributed by atoms with E-state index in [1.807, 2.05) is 0 Å². The lowest BCUT2D eigenvalue weighted by molar-refractivity contribution is -0.179. The molecule has 0 radical (unpaired) electrons. The van der Waals surface area contributed by atoms with Crippen molar-refractivity contribution in [3.8, 4) is 0 Å². The molecular formula is C6H8F4N2O2. The number of carbonyl (C=O) groups is 2. The van der Waals surface area contributed by atoms with Crippen LogP contribution in [-0.2, 0) is 9.59 Å². The summed E-state index contributed by atoms with van der Waals surface area (Å²) in [6.07, 6.45) is -4.11. The van der Waals surface area contributed by atoms with Crippen LogP contribution in [0.2, 0.25) is 0 Å². The third-order valence-corrected chi connectivity index (χ3v) is 1.30. The van der Waals surface area contributed by atoms with Gasteiger partial charge in [-0.2, -0.15) is 8.78 Å². The molecule has 0 rings (SSSR count). The molecule has 0 unspecified atom stereocenters. The monoisotopic (exact) mass is 216 g/mol. The van der Waals surface area contributed by atoms with Crippen LogP contribution >= 0.6 is 0 Å². The summed E-state index contributed by atoms with van der Waals surface area (Å²) >= 11 is 0. The highest BCUT2D eigenvalue weighted by molar-refractivity contribution is 5.88. The molecule has 0 aliphatic heterocycles. The van der Waals surface area contributed by atoms with E-state index in [1.165, 1.54) is 0 Å². The normalized spacial score (nSPS) is 11.6. The molecule has 0 heterocycles.